The van der Waals surface area contributed by atoms with Gasteiger partial charge in [0.15, 0.2) is 0 Å². The van der Waals surface area contributed by atoms with E-state index in [1.54, 1.807) is 6.20 Å². The fourth-order valence-corrected chi connectivity index (χ4v) is 1.76. The van der Waals surface area contributed by atoms with Gasteiger partial charge >= 0.3 is 0 Å². The Morgan fingerprint density at radius 1 is 1.28 bits per heavy atom. The zero-order valence-electron chi connectivity index (χ0n) is 10.2. The number of ether oxygens (including phenoxy) is 1. The summed E-state index contributed by atoms with van der Waals surface area (Å²) >= 11 is 6.02. The molecule has 94 valence electrons. The second kappa shape index (κ2) is 6.26. The van der Waals surface area contributed by atoms with Gasteiger partial charge in [-0.05, 0) is 36.8 Å². The second-order valence-electron chi connectivity index (χ2n) is 3.80. The van der Waals surface area contributed by atoms with E-state index < -0.39 is 0 Å². The maximum Gasteiger partial charge on any atom is 0.138 e. The molecule has 0 spiro atoms. The Morgan fingerprint density at radius 3 is 2.89 bits per heavy atom. The highest BCUT2D eigenvalue weighted by Crippen LogP contribution is 2.24. The first kappa shape index (κ1) is 12.7. The van der Waals surface area contributed by atoms with Crippen LogP contribution in [0, 0.1) is 0 Å². The van der Waals surface area contributed by atoms with E-state index in [4.69, 9.17) is 16.3 Å². The van der Waals surface area contributed by atoms with Crippen LogP contribution in [0.25, 0.3) is 0 Å². The summed E-state index contributed by atoms with van der Waals surface area (Å²) in [7, 11) is 0. The first-order valence-electron chi connectivity index (χ1n) is 5.85. The van der Waals surface area contributed by atoms with Crippen molar-refractivity contribution in [2.75, 3.05) is 11.9 Å². The van der Waals surface area contributed by atoms with Crippen LogP contribution in [0.2, 0.25) is 5.02 Å². The van der Waals surface area contributed by atoms with Crippen molar-refractivity contribution in [2.45, 2.75) is 13.5 Å². The lowest BCUT2D eigenvalue weighted by Gasteiger charge is -2.09. The Labute approximate surface area is 112 Å². The number of pyridine rings is 1. The molecule has 0 aliphatic heterocycles. The molecule has 1 aromatic carbocycles. The molecule has 18 heavy (non-hydrogen) atoms. The fourth-order valence-electron chi connectivity index (χ4n) is 1.56. The molecule has 1 aromatic heterocycles. The number of hydrogen-bond acceptors (Lipinski definition) is 3. The average Bonchev–Trinajstić information content (AvgIpc) is 2.39. The van der Waals surface area contributed by atoms with E-state index in [1.807, 2.05) is 43.3 Å². The van der Waals surface area contributed by atoms with Gasteiger partial charge in [-0.3, -0.25) is 0 Å². The van der Waals surface area contributed by atoms with Crippen LogP contribution in [0.4, 0.5) is 5.82 Å². The molecule has 0 radical (unpaired) electrons. The lowest BCUT2D eigenvalue weighted by molar-refractivity contribution is 0.306. The average molecular weight is 263 g/mol. The first-order valence-corrected chi connectivity index (χ1v) is 6.23. The topological polar surface area (TPSA) is 34.1 Å². The van der Waals surface area contributed by atoms with Gasteiger partial charge in [-0.2, -0.15) is 0 Å². The number of para-hydroxylation sites is 1. The van der Waals surface area contributed by atoms with E-state index >= 15 is 0 Å². The fraction of sp³-hybridized carbons (Fsp3) is 0.214. The summed E-state index contributed by atoms with van der Waals surface area (Å²) in [6.07, 6.45) is 1.77. The van der Waals surface area contributed by atoms with Gasteiger partial charge < -0.3 is 10.1 Å². The molecule has 0 atom stereocenters. The predicted octanol–water partition coefficient (Wildman–Crippen LogP) is 3.75. The summed E-state index contributed by atoms with van der Waals surface area (Å²) < 4.78 is 5.67. The summed E-state index contributed by atoms with van der Waals surface area (Å²) in [5, 5.41) is 3.79. The normalized spacial score (nSPS) is 10.1. The Bertz CT molecular complexity index is 517. The molecule has 0 aliphatic carbocycles. The molecule has 1 N–H and O–H groups in total. The van der Waals surface area contributed by atoms with Crippen LogP contribution in [0.5, 0.6) is 5.75 Å². The van der Waals surface area contributed by atoms with E-state index in [0.29, 0.717) is 17.4 Å². The zero-order valence-corrected chi connectivity index (χ0v) is 10.9. The van der Waals surface area contributed by atoms with E-state index in [0.717, 1.165) is 17.9 Å². The van der Waals surface area contributed by atoms with Crippen molar-refractivity contribution in [1.29, 1.82) is 0 Å². The van der Waals surface area contributed by atoms with Gasteiger partial charge in [0, 0.05) is 12.7 Å². The van der Waals surface area contributed by atoms with E-state index in [1.165, 1.54) is 0 Å². The minimum atomic E-state index is 0.477. The van der Waals surface area contributed by atoms with Crippen molar-refractivity contribution in [1.82, 2.24) is 4.98 Å². The number of nitrogens with one attached hydrogen (secondary N) is 1. The van der Waals surface area contributed by atoms with Gasteiger partial charge in [-0.1, -0.05) is 23.7 Å². The number of nitrogens with zero attached hydrogens (tertiary/aromatic N) is 1. The van der Waals surface area contributed by atoms with E-state index in [9.17, 15) is 0 Å². The Balaban J connectivity index is 2.02. The minimum Gasteiger partial charge on any atom is -0.487 e. The predicted molar refractivity (Wildman–Crippen MR) is 74.2 cm³/mol. The molecule has 2 aromatic rings. The second-order valence-corrected chi connectivity index (χ2v) is 4.21. The highest BCUT2D eigenvalue weighted by Gasteiger charge is 2.01. The number of rotatable bonds is 5. The molecular weight excluding hydrogens is 248 g/mol. The molecule has 0 aliphatic rings. The molecule has 0 fully saturated rings. The molecule has 0 saturated carbocycles. The quantitative estimate of drug-likeness (QED) is 0.891. The highest BCUT2D eigenvalue weighted by molar-refractivity contribution is 6.32. The number of benzene rings is 1. The van der Waals surface area contributed by atoms with Crippen LogP contribution < -0.4 is 10.1 Å². The third kappa shape index (κ3) is 3.37. The Kier molecular flexibility index (Phi) is 4.42. The number of aromatic nitrogens is 1. The summed E-state index contributed by atoms with van der Waals surface area (Å²) in [6, 6.07) is 11.4. The maximum atomic E-state index is 6.02. The molecule has 0 amide bonds. The van der Waals surface area contributed by atoms with Crippen molar-refractivity contribution >= 4 is 17.4 Å². The van der Waals surface area contributed by atoms with Gasteiger partial charge in [-0.25, -0.2) is 4.98 Å². The summed E-state index contributed by atoms with van der Waals surface area (Å²) in [5.41, 5.74) is 1.06. The van der Waals surface area contributed by atoms with Crippen molar-refractivity contribution in [3.8, 4) is 5.75 Å². The molecule has 4 heteroatoms. The summed E-state index contributed by atoms with van der Waals surface area (Å²) in [5.74, 6) is 1.55. The maximum absolute atomic E-state index is 6.02. The largest absolute Gasteiger partial charge is 0.487 e. The molecule has 0 unspecified atom stereocenters. The van der Waals surface area contributed by atoms with Crippen molar-refractivity contribution in [2.24, 2.45) is 0 Å². The van der Waals surface area contributed by atoms with Crippen molar-refractivity contribution < 1.29 is 4.74 Å². The van der Waals surface area contributed by atoms with Crippen LogP contribution in [0.1, 0.15) is 12.5 Å². The van der Waals surface area contributed by atoms with Crippen LogP contribution in [0.3, 0.4) is 0 Å². The summed E-state index contributed by atoms with van der Waals surface area (Å²) in [6.45, 7) is 3.36. The van der Waals surface area contributed by atoms with Crippen LogP contribution in [0.15, 0.2) is 42.6 Å². The van der Waals surface area contributed by atoms with Gasteiger partial charge in [-0.15, -0.1) is 0 Å². The minimum absolute atomic E-state index is 0.477. The van der Waals surface area contributed by atoms with Gasteiger partial charge in [0.2, 0.25) is 0 Å². The lowest BCUT2D eigenvalue weighted by Crippen LogP contribution is -2.01. The molecule has 2 rings (SSSR count). The highest BCUT2D eigenvalue weighted by atomic mass is 35.5. The van der Waals surface area contributed by atoms with E-state index in [-0.39, 0.29) is 0 Å². The number of anilines is 1. The standard InChI is InChI=1S/C14H15ClN2O/c1-2-16-14-9-11(7-8-17-14)10-18-13-6-4-3-5-12(13)15/h3-9H,2,10H2,1H3,(H,16,17). The number of hydrogen-bond donors (Lipinski definition) is 1. The van der Waals surface area contributed by atoms with Crippen LogP contribution in [-0.4, -0.2) is 11.5 Å². The smallest absolute Gasteiger partial charge is 0.138 e. The Morgan fingerprint density at radius 2 is 2.11 bits per heavy atom. The molecule has 1 heterocycles. The molecule has 0 saturated heterocycles. The third-order valence-corrected chi connectivity index (χ3v) is 2.73. The first-order chi connectivity index (χ1) is 8.79. The summed E-state index contributed by atoms with van der Waals surface area (Å²) in [4.78, 5) is 4.21. The molecule has 0 bridgehead atoms. The van der Waals surface area contributed by atoms with Crippen molar-refractivity contribution in [3.63, 3.8) is 0 Å². The molecule has 3 nitrogen and oxygen atoms in total. The van der Waals surface area contributed by atoms with E-state index in [2.05, 4.69) is 10.3 Å². The lowest BCUT2D eigenvalue weighted by atomic mass is 10.2. The number of halogens is 1. The van der Waals surface area contributed by atoms with Crippen molar-refractivity contribution in [3.05, 3.63) is 53.2 Å². The molecular formula is C14H15ClN2O. The SMILES string of the molecule is CCNc1cc(COc2ccccc2Cl)ccn1. The Hall–Kier alpha value is -1.74. The third-order valence-electron chi connectivity index (χ3n) is 2.41. The van der Waals surface area contributed by atoms with Gasteiger partial charge in [0.1, 0.15) is 18.2 Å². The van der Waals surface area contributed by atoms with Gasteiger partial charge in [0.05, 0.1) is 5.02 Å². The van der Waals surface area contributed by atoms with Crippen LogP contribution in [-0.2, 0) is 6.61 Å². The zero-order chi connectivity index (χ0) is 12.8. The monoisotopic (exact) mass is 262 g/mol. The van der Waals surface area contributed by atoms with Gasteiger partial charge in [0.25, 0.3) is 0 Å². The van der Waals surface area contributed by atoms with Crippen LogP contribution >= 0.6 is 11.6 Å².